The van der Waals surface area contributed by atoms with Gasteiger partial charge in [0.25, 0.3) is 5.91 Å². The maximum Gasteiger partial charge on any atom is 0.255 e. The lowest BCUT2D eigenvalue weighted by Crippen LogP contribution is -2.31. The summed E-state index contributed by atoms with van der Waals surface area (Å²) in [5, 5.41) is 2.74. The molecule has 0 aliphatic heterocycles. The summed E-state index contributed by atoms with van der Waals surface area (Å²) in [6.07, 6.45) is 0. The highest BCUT2D eigenvalue weighted by Gasteiger charge is 2.26. The SMILES string of the molecule is CCN(CC)S(=O)(=O)c1cc(C(=O)Nc2ccc(C)cc2C)ccc1F. The highest BCUT2D eigenvalue weighted by Crippen LogP contribution is 2.22. The van der Waals surface area contributed by atoms with Crippen LogP contribution < -0.4 is 5.32 Å². The van der Waals surface area contributed by atoms with E-state index < -0.39 is 26.6 Å². The molecule has 0 atom stereocenters. The van der Waals surface area contributed by atoms with Crippen LogP contribution in [0.1, 0.15) is 35.3 Å². The lowest BCUT2D eigenvalue weighted by atomic mass is 10.1. The molecule has 1 N–H and O–H groups in total. The lowest BCUT2D eigenvalue weighted by molar-refractivity contribution is 0.102. The number of hydrogen-bond donors (Lipinski definition) is 1. The minimum absolute atomic E-state index is 0.0807. The minimum Gasteiger partial charge on any atom is -0.322 e. The average Bonchev–Trinajstić information content (AvgIpc) is 2.58. The Kier molecular flexibility index (Phi) is 6.15. The van der Waals surface area contributed by atoms with E-state index in [-0.39, 0.29) is 18.7 Å². The molecule has 2 aromatic rings. The van der Waals surface area contributed by atoms with Gasteiger partial charge >= 0.3 is 0 Å². The fourth-order valence-corrected chi connectivity index (χ4v) is 4.24. The van der Waals surface area contributed by atoms with Gasteiger partial charge in [-0.25, -0.2) is 12.8 Å². The zero-order valence-electron chi connectivity index (χ0n) is 15.3. The number of carbonyl (C=O) groups excluding carboxylic acids is 1. The van der Waals surface area contributed by atoms with Crippen molar-refractivity contribution in [1.82, 2.24) is 4.31 Å². The standard InChI is InChI=1S/C19H23FN2O3S/c1-5-22(6-2)26(24,25)18-12-15(8-9-16(18)20)19(23)21-17-10-7-13(3)11-14(17)4/h7-12H,5-6H2,1-4H3,(H,21,23). The lowest BCUT2D eigenvalue weighted by Gasteiger charge is -2.19. The summed E-state index contributed by atoms with van der Waals surface area (Å²) in [5.74, 6) is -1.37. The zero-order valence-corrected chi connectivity index (χ0v) is 16.2. The van der Waals surface area contributed by atoms with Crippen LogP contribution in [0.4, 0.5) is 10.1 Å². The number of nitrogens with zero attached hydrogens (tertiary/aromatic N) is 1. The Morgan fingerprint density at radius 2 is 1.73 bits per heavy atom. The van der Waals surface area contributed by atoms with Gasteiger partial charge in [-0.2, -0.15) is 4.31 Å². The Morgan fingerprint density at radius 3 is 2.31 bits per heavy atom. The van der Waals surface area contributed by atoms with E-state index in [0.29, 0.717) is 5.69 Å². The molecular weight excluding hydrogens is 355 g/mol. The maximum atomic E-state index is 14.2. The number of benzene rings is 2. The largest absolute Gasteiger partial charge is 0.322 e. The Bertz CT molecular complexity index is 922. The van der Waals surface area contributed by atoms with Gasteiger partial charge in [-0.3, -0.25) is 4.79 Å². The average molecular weight is 378 g/mol. The fourth-order valence-electron chi connectivity index (χ4n) is 2.69. The fraction of sp³-hybridized carbons (Fsp3) is 0.316. The van der Waals surface area contributed by atoms with Crippen LogP contribution in [-0.2, 0) is 10.0 Å². The number of anilines is 1. The van der Waals surface area contributed by atoms with E-state index >= 15 is 0 Å². The number of aryl methyl sites for hydroxylation is 2. The van der Waals surface area contributed by atoms with Crippen LogP contribution in [0.15, 0.2) is 41.3 Å². The third kappa shape index (κ3) is 4.11. The molecule has 0 saturated heterocycles. The number of sulfonamides is 1. The second-order valence-corrected chi connectivity index (χ2v) is 7.91. The monoisotopic (exact) mass is 378 g/mol. The van der Waals surface area contributed by atoms with Crippen molar-refractivity contribution in [2.75, 3.05) is 18.4 Å². The van der Waals surface area contributed by atoms with Crippen molar-refractivity contribution in [3.05, 3.63) is 58.9 Å². The number of hydrogen-bond acceptors (Lipinski definition) is 3. The van der Waals surface area contributed by atoms with Crippen molar-refractivity contribution in [2.45, 2.75) is 32.6 Å². The van der Waals surface area contributed by atoms with E-state index in [2.05, 4.69) is 5.32 Å². The number of carbonyl (C=O) groups is 1. The molecule has 0 aromatic heterocycles. The van der Waals surface area contributed by atoms with Crippen LogP contribution in [0.5, 0.6) is 0 Å². The molecule has 2 rings (SSSR count). The first-order valence-electron chi connectivity index (χ1n) is 8.39. The molecule has 0 bridgehead atoms. The second-order valence-electron chi connectivity index (χ2n) is 6.01. The molecule has 7 heteroatoms. The van der Waals surface area contributed by atoms with Gasteiger partial charge < -0.3 is 5.32 Å². The summed E-state index contributed by atoms with van der Waals surface area (Å²) in [4.78, 5) is 12.0. The summed E-state index contributed by atoms with van der Waals surface area (Å²) in [6.45, 7) is 7.60. The van der Waals surface area contributed by atoms with Gasteiger partial charge in [-0.15, -0.1) is 0 Å². The van der Waals surface area contributed by atoms with Crippen LogP contribution in [0.25, 0.3) is 0 Å². The highest BCUT2D eigenvalue weighted by molar-refractivity contribution is 7.89. The van der Waals surface area contributed by atoms with Crippen LogP contribution in [0, 0.1) is 19.7 Å². The Hall–Kier alpha value is -2.25. The van der Waals surface area contributed by atoms with Crippen LogP contribution in [0.2, 0.25) is 0 Å². The molecular formula is C19H23FN2O3S. The van der Waals surface area contributed by atoms with E-state index in [1.165, 1.54) is 6.07 Å². The molecule has 0 heterocycles. The molecule has 5 nitrogen and oxygen atoms in total. The summed E-state index contributed by atoms with van der Waals surface area (Å²) >= 11 is 0. The predicted molar refractivity (Wildman–Crippen MR) is 100 cm³/mol. The molecule has 0 unspecified atom stereocenters. The molecule has 0 saturated carbocycles. The first-order valence-corrected chi connectivity index (χ1v) is 9.83. The van der Waals surface area contributed by atoms with Crippen molar-refractivity contribution >= 4 is 21.6 Å². The van der Waals surface area contributed by atoms with Crippen molar-refractivity contribution in [3.63, 3.8) is 0 Å². The second kappa shape index (κ2) is 7.97. The Labute approximate surface area is 153 Å². The zero-order chi connectivity index (χ0) is 19.5. The molecule has 0 fully saturated rings. The Morgan fingerprint density at radius 1 is 1.08 bits per heavy atom. The van der Waals surface area contributed by atoms with Gasteiger partial charge in [-0.05, 0) is 43.7 Å². The van der Waals surface area contributed by atoms with Gasteiger partial charge in [0.1, 0.15) is 10.7 Å². The molecule has 0 radical (unpaired) electrons. The van der Waals surface area contributed by atoms with E-state index in [9.17, 15) is 17.6 Å². The summed E-state index contributed by atoms with van der Waals surface area (Å²) < 4.78 is 40.5. The summed E-state index contributed by atoms with van der Waals surface area (Å²) in [5.41, 5.74) is 2.65. The van der Waals surface area contributed by atoms with Gasteiger partial charge in [0, 0.05) is 24.3 Å². The molecule has 26 heavy (non-hydrogen) atoms. The van der Waals surface area contributed by atoms with Gasteiger partial charge in [0.05, 0.1) is 0 Å². The smallest absolute Gasteiger partial charge is 0.255 e. The first-order chi connectivity index (χ1) is 12.2. The van der Waals surface area contributed by atoms with Crippen molar-refractivity contribution in [3.8, 4) is 0 Å². The number of nitrogens with one attached hydrogen (secondary N) is 1. The number of halogens is 1. The van der Waals surface area contributed by atoms with Crippen LogP contribution in [-0.4, -0.2) is 31.7 Å². The quantitative estimate of drug-likeness (QED) is 0.833. The van der Waals surface area contributed by atoms with Gasteiger partial charge in [0.2, 0.25) is 10.0 Å². The van der Waals surface area contributed by atoms with E-state index in [0.717, 1.165) is 27.6 Å². The predicted octanol–water partition coefficient (Wildman–Crippen LogP) is 3.73. The van der Waals surface area contributed by atoms with Crippen LogP contribution >= 0.6 is 0 Å². The molecule has 140 valence electrons. The van der Waals surface area contributed by atoms with E-state index in [4.69, 9.17) is 0 Å². The van der Waals surface area contributed by atoms with Crippen molar-refractivity contribution in [1.29, 1.82) is 0 Å². The molecule has 0 aliphatic rings. The third-order valence-electron chi connectivity index (χ3n) is 4.15. The molecule has 0 spiro atoms. The summed E-state index contributed by atoms with van der Waals surface area (Å²) in [7, 11) is -4.00. The van der Waals surface area contributed by atoms with E-state index in [1.807, 2.05) is 26.0 Å². The molecule has 0 aliphatic carbocycles. The first kappa shape index (κ1) is 20.1. The van der Waals surface area contributed by atoms with Gasteiger partial charge in [-0.1, -0.05) is 31.5 Å². The van der Waals surface area contributed by atoms with Crippen molar-refractivity contribution in [2.24, 2.45) is 0 Å². The Balaban J connectivity index is 2.38. The summed E-state index contributed by atoms with van der Waals surface area (Å²) in [6, 6.07) is 8.93. The number of rotatable bonds is 6. The van der Waals surface area contributed by atoms with Crippen molar-refractivity contribution < 1.29 is 17.6 Å². The number of amides is 1. The molecule has 1 amide bonds. The maximum absolute atomic E-state index is 14.2. The van der Waals surface area contributed by atoms with Crippen LogP contribution in [0.3, 0.4) is 0 Å². The van der Waals surface area contributed by atoms with E-state index in [1.54, 1.807) is 19.9 Å². The highest BCUT2D eigenvalue weighted by atomic mass is 32.2. The normalized spacial score (nSPS) is 11.6. The minimum atomic E-state index is -4.00. The van der Waals surface area contributed by atoms with Gasteiger partial charge in [0.15, 0.2) is 0 Å². The third-order valence-corrected chi connectivity index (χ3v) is 6.21. The topological polar surface area (TPSA) is 66.5 Å². The molecule has 2 aromatic carbocycles.